The molecule has 0 aromatic heterocycles. The third kappa shape index (κ3) is 27.9. The molecule has 1 aliphatic rings. The molecule has 4 unspecified atom stereocenters. The molecule has 1 fully saturated rings. The molecule has 0 aliphatic heterocycles. The molecular formula is C40H76O17P2S. The lowest BCUT2D eigenvalue weighted by Crippen LogP contribution is -2.64. The summed E-state index contributed by atoms with van der Waals surface area (Å²) in [5.41, 5.74) is 0. The molecule has 1 aliphatic carbocycles. The van der Waals surface area contributed by atoms with Crippen molar-refractivity contribution in [3.05, 3.63) is 0 Å². The first kappa shape index (κ1) is 57.0. The van der Waals surface area contributed by atoms with Gasteiger partial charge in [0.05, 0.1) is 19.6 Å². The van der Waals surface area contributed by atoms with Crippen LogP contribution in [0.15, 0.2) is 0 Å². The second kappa shape index (κ2) is 33.5. The van der Waals surface area contributed by atoms with Gasteiger partial charge in [0.1, 0.15) is 42.7 Å². The zero-order valence-corrected chi connectivity index (χ0v) is 38.5. The predicted octanol–water partition coefficient (Wildman–Crippen LogP) is 6.93. The molecule has 0 bridgehead atoms. The SMILES string of the molecule is CCCCCCCCCCCCCCCC(=O)O[C@@H](COP(=O)(O)OC1C(O)[C@H](O)C(OP(=O)(O)O)[C@H](O)[C@@H]1O)CC(=O)OCCCCCCCCCCSC(=O)CCC. The van der Waals surface area contributed by atoms with Gasteiger partial charge in [-0.25, -0.2) is 9.13 Å². The van der Waals surface area contributed by atoms with Crippen LogP contribution < -0.4 is 0 Å². The molecule has 0 spiro atoms. The quantitative estimate of drug-likeness (QED) is 0.0189. The van der Waals surface area contributed by atoms with Crippen molar-refractivity contribution in [1.29, 1.82) is 0 Å². The highest BCUT2D eigenvalue weighted by Crippen LogP contribution is 2.48. The van der Waals surface area contributed by atoms with E-state index in [0.717, 1.165) is 82.8 Å². The number of carbonyl (C=O) groups is 3. The summed E-state index contributed by atoms with van der Waals surface area (Å²) in [6.45, 7) is 3.46. The van der Waals surface area contributed by atoms with E-state index in [-0.39, 0.29) is 18.1 Å². The van der Waals surface area contributed by atoms with Gasteiger partial charge in [0, 0.05) is 18.6 Å². The topological polar surface area (TPSA) is 273 Å². The Bertz CT molecular complexity index is 1240. The van der Waals surface area contributed by atoms with Crippen LogP contribution in [0.2, 0.25) is 0 Å². The largest absolute Gasteiger partial charge is 0.472 e. The van der Waals surface area contributed by atoms with Crippen LogP contribution >= 0.6 is 27.4 Å². The Labute approximate surface area is 361 Å². The van der Waals surface area contributed by atoms with Crippen LogP contribution in [0, 0.1) is 0 Å². The molecular weight excluding hydrogens is 846 g/mol. The van der Waals surface area contributed by atoms with Gasteiger partial charge in [-0.15, -0.1) is 0 Å². The second-order valence-electron chi connectivity index (χ2n) is 15.7. The smallest absolute Gasteiger partial charge is 0.466 e. The zero-order valence-electron chi connectivity index (χ0n) is 35.9. The highest BCUT2D eigenvalue weighted by molar-refractivity contribution is 8.13. The Morgan fingerprint density at radius 3 is 1.50 bits per heavy atom. The number of ether oxygens (including phenoxy) is 2. The molecule has 1 rings (SSSR count). The van der Waals surface area contributed by atoms with E-state index in [1.54, 1.807) is 0 Å². The summed E-state index contributed by atoms with van der Waals surface area (Å²) in [6.07, 6.45) is 8.28. The number of phosphoric ester groups is 2. The Morgan fingerprint density at radius 2 is 1.02 bits per heavy atom. The van der Waals surface area contributed by atoms with E-state index in [2.05, 4.69) is 11.4 Å². The first-order chi connectivity index (χ1) is 28.5. The molecule has 0 saturated heterocycles. The summed E-state index contributed by atoms with van der Waals surface area (Å²) in [6, 6.07) is 0. The van der Waals surface area contributed by atoms with Crippen LogP contribution in [0.3, 0.4) is 0 Å². The number of phosphoric acid groups is 2. The van der Waals surface area contributed by atoms with Gasteiger partial charge >= 0.3 is 27.6 Å². The van der Waals surface area contributed by atoms with Gasteiger partial charge < -0.3 is 44.6 Å². The first-order valence-corrected chi connectivity index (χ1v) is 26.1. The van der Waals surface area contributed by atoms with Crippen molar-refractivity contribution in [2.24, 2.45) is 0 Å². The van der Waals surface area contributed by atoms with Crippen LogP contribution in [-0.4, -0.2) is 114 Å². The Hall–Kier alpha value is -0.980. The number of carbonyl (C=O) groups excluding carboxylic acids is 3. The predicted molar refractivity (Wildman–Crippen MR) is 227 cm³/mol. The zero-order chi connectivity index (χ0) is 44.8. The summed E-state index contributed by atoms with van der Waals surface area (Å²) in [5, 5.41) is 41.6. The number of hydrogen-bond donors (Lipinski definition) is 7. The van der Waals surface area contributed by atoms with Crippen LogP contribution in [0.25, 0.3) is 0 Å². The molecule has 354 valence electrons. The standard InChI is InChI=1S/C40H76O17P2S/c1-3-5-6-7-8-9-10-11-12-13-16-19-22-26-32(41)55-31(29-33(42)53-27-23-20-17-14-15-18-21-24-28-60-34(43)25-4-2)30-54-59(51,52)57-40-37(46)35(44)39(36(45)38(40)47)56-58(48,49)50/h31,35-40,44-47H,3-30H2,1-2H3,(H,51,52)(H2,48,49,50)/t31-,35-,36+,37+,38?,39?,40?/m1/s1. The fraction of sp³-hybridized carbons (Fsp3) is 0.925. The van der Waals surface area contributed by atoms with Crippen LogP contribution in [0.5, 0.6) is 0 Å². The van der Waals surface area contributed by atoms with E-state index in [4.69, 9.17) is 28.3 Å². The molecule has 0 aromatic carbocycles. The number of esters is 2. The number of thioether (sulfide) groups is 1. The van der Waals surface area contributed by atoms with Crippen molar-refractivity contribution in [2.45, 2.75) is 217 Å². The molecule has 0 amide bonds. The highest BCUT2D eigenvalue weighted by atomic mass is 32.2. The van der Waals surface area contributed by atoms with Crippen molar-refractivity contribution in [2.75, 3.05) is 19.0 Å². The summed E-state index contributed by atoms with van der Waals surface area (Å²) in [7, 11) is -10.6. The van der Waals surface area contributed by atoms with Crippen molar-refractivity contribution in [3.8, 4) is 0 Å². The first-order valence-electron chi connectivity index (χ1n) is 22.1. The van der Waals surface area contributed by atoms with Crippen molar-refractivity contribution >= 4 is 44.5 Å². The van der Waals surface area contributed by atoms with Crippen molar-refractivity contribution in [1.82, 2.24) is 0 Å². The van der Waals surface area contributed by atoms with E-state index >= 15 is 0 Å². The van der Waals surface area contributed by atoms with Crippen LogP contribution in [0.1, 0.15) is 174 Å². The van der Waals surface area contributed by atoms with Gasteiger partial charge in [0.2, 0.25) is 0 Å². The van der Waals surface area contributed by atoms with E-state index in [1.807, 2.05) is 6.92 Å². The fourth-order valence-electron chi connectivity index (χ4n) is 6.78. The molecule has 7 N–H and O–H groups in total. The van der Waals surface area contributed by atoms with E-state index < -0.39 is 83.3 Å². The maximum Gasteiger partial charge on any atom is 0.472 e. The number of rotatable bonds is 37. The molecule has 17 nitrogen and oxygen atoms in total. The van der Waals surface area contributed by atoms with Gasteiger partial charge in [-0.2, -0.15) is 0 Å². The minimum atomic E-state index is -5.31. The summed E-state index contributed by atoms with van der Waals surface area (Å²) < 4.78 is 49.0. The maximum absolute atomic E-state index is 12.9. The normalized spacial score (nSPS) is 22.3. The molecule has 60 heavy (non-hydrogen) atoms. The number of unbranched alkanes of at least 4 members (excludes halogenated alkanes) is 19. The lowest BCUT2D eigenvalue weighted by Gasteiger charge is -2.43. The Kier molecular flexibility index (Phi) is 31.9. The minimum absolute atomic E-state index is 0.0300. The second-order valence-corrected chi connectivity index (χ2v) is 19.4. The Morgan fingerprint density at radius 1 is 0.567 bits per heavy atom. The van der Waals surface area contributed by atoms with Gasteiger partial charge in [0.25, 0.3) is 0 Å². The molecule has 20 heteroatoms. The van der Waals surface area contributed by atoms with Crippen LogP contribution in [0.4, 0.5) is 0 Å². The van der Waals surface area contributed by atoms with Gasteiger partial charge in [-0.1, -0.05) is 141 Å². The minimum Gasteiger partial charge on any atom is -0.466 e. The summed E-state index contributed by atoms with van der Waals surface area (Å²) in [4.78, 5) is 65.7. The summed E-state index contributed by atoms with van der Waals surface area (Å²) in [5.74, 6) is -0.560. The number of hydrogen-bond acceptors (Lipinski definition) is 15. The lowest BCUT2D eigenvalue weighted by atomic mass is 9.85. The molecule has 1 saturated carbocycles. The highest BCUT2D eigenvalue weighted by Gasteiger charge is 2.54. The molecule has 0 aromatic rings. The van der Waals surface area contributed by atoms with Gasteiger partial charge in [-0.05, 0) is 25.7 Å². The average Bonchev–Trinajstić information content (AvgIpc) is 3.18. The third-order valence-corrected chi connectivity index (χ3v) is 12.7. The monoisotopic (exact) mass is 922 g/mol. The fourth-order valence-corrected chi connectivity index (χ4v) is 9.24. The number of aliphatic hydroxyl groups excluding tert-OH is 4. The third-order valence-electron chi connectivity index (χ3n) is 10.2. The van der Waals surface area contributed by atoms with E-state index in [1.165, 1.54) is 63.1 Å². The molecule has 8 atom stereocenters. The van der Waals surface area contributed by atoms with E-state index in [9.17, 15) is 48.8 Å². The van der Waals surface area contributed by atoms with E-state index in [0.29, 0.717) is 19.3 Å². The molecule has 0 heterocycles. The van der Waals surface area contributed by atoms with Crippen LogP contribution in [-0.2, 0) is 46.6 Å². The van der Waals surface area contributed by atoms with Gasteiger partial charge in [0.15, 0.2) is 5.12 Å². The van der Waals surface area contributed by atoms with Crippen molar-refractivity contribution in [3.63, 3.8) is 0 Å². The van der Waals surface area contributed by atoms with Crippen molar-refractivity contribution < 1.29 is 81.7 Å². The van der Waals surface area contributed by atoms with Gasteiger partial charge in [-0.3, -0.25) is 28.0 Å². The summed E-state index contributed by atoms with van der Waals surface area (Å²) >= 11 is 1.41. The maximum atomic E-state index is 12.9. The lowest BCUT2D eigenvalue weighted by molar-refractivity contribution is -0.216. The number of aliphatic hydroxyl groups is 4. The molecule has 0 radical (unpaired) electrons. The average molecular weight is 923 g/mol. The Balaban J connectivity index is 2.60.